The van der Waals surface area contributed by atoms with Crippen LogP contribution in [0.25, 0.3) is 10.4 Å². The van der Waals surface area contributed by atoms with Gasteiger partial charge in [0.1, 0.15) is 30.4 Å². The summed E-state index contributed by atoms with van der Waals surface area (Å²) in [5.74, 6) is -2.82. The maximum Gasteiger partial charge on any atom is 0.342 e. The summed E-state index contributed by atoms with van der Waals surface area (Å²) in [7, 11) is -4.50. The lowest BCUT2D eigenvalue weighted by atomic mass is 10.1. The van der Waals surface area contributed by atoms with Crippen LogP contribution in [0.4, 0.5) is 4.39 Å². The van der Waals surface area contributed by atoms with Crippen LogP contribution < -0.4 is 10.2 Å². The van der Waals surface area contributed by atoms with Crippen LogP contribution in [-0.2, 0) is 42.5 Å². The lowest BCUT2D eigenvalue weighted by Crippen LogP contribution is -2.47. The van der Waals surface area contributed by atoms with Gasteiger partial charge in [-0.2, -0.15) is 0 Å². The molecule has 2 saturated carbocycles. The number of carbonyl (C=O) groups is 4. The Morgan fingerprint density at radius 1 is 1.14 bits per heavy atom. The number of esters is 2. The van der Waals surface area contributed by atoms with Gasteiger partial charge >= 0.3 is 19.6 Å². The second kappa shape index (κ2) is 14.5. The van der Waals surface area contributed by atoms with Crippen molar-refractivity contribution in [3.8, 4) is 0 Å². The Hall–Kier alpha value is -2.91. The Kier molecular flexibility index (Phi) is 11.2. The van der Waals surface area contributed by atoms with E-state index in [4.69, 9.17) is 18.7 Å². The zero-order chi connectivity index (χ0) is 32.1. The number of hydrogen-bond acceptors (Lipinski definition) is 11. The number of hydrogen-bond donors (Lipinski definition) is 3. The van der Waals surface area contributed by atoms with Crippen molar-refractivity contribution < 1.29 is 52.0 Å². The normalized spacial score (nSPS) is 29.5. The van der Waals surface area contributed by atoms with E-state index < -0.39 is 80.6 Å². The van der Waals surface area contributed by atoms with Crippen molar-refractivity contribution in [3.05, 3.63) is 22.7 Å². The molecule has 0 bridgehead atoms. The third-order valence-electron chi connectivity index (χ3n) is 7.94. The molecule has 2 heterocycles. The lowest BCUT2D eigenvalue weighted by molar-refractivity contribution is -0.157. The molecule has 3 N–H and O–H groups in total. The van der Waals surface area contributed by atoms with Crippen LogP contribution in [0.15, 0.2) is 17.4 Å². The maximum absolute atomic E-state index is 15.3. The monoisotopic (exact) mass is 644 g/mol. The molecule has 0 unspecified atom stereocenters. The Labute approximate surface area is 253 Å². The Bertz CT molecular complexity index is 1200. The number of allylic oxidation sites excluding steroid dienone is 1. The van der Waals surface area contributed by atoms with Crippen molar-refractivity contribution in [1.29, 1.82) is 0 Å². The van der Waals surface area contributed by atoms with Gasteiger partial charge in [0.15, 0.2) is 18.2 Å². The molecular formula is C26H38FN6O10P. The molecular weight excluding hydrogens is 606 g/mol. The van der Waals surface area contributed by atoms with E-state index in [1.165, 1.54) is 13.8 Å². The molecule has 2 aliphatic carbocycles. The van der Waals surface area contributed by atoms with Crippen LogP contribution in [0.2, 0.25) is 0 Å². The highest BCUT2D eigenvalue weighted by molar-refractivity contribution is 7.54. The van der Waals surface area contributed by atoms with E-state index in [1.54, 1.807) is 0 Å². The molecule has 2 aliphatic heterocycles. The van der Waals surface area contributed by atoms with Gasteiger partial charge in [-0.15, -0.1) is 0 Å². The molecule has 18 heteroatoms. The van der Waals surface area contributed by atoms with Crippen LogP contribution in [0.1, 0.15) is 71.6 Å². The summed E-state index contributed by atoms with van der Waals surface area (Å²) in [6.45, 7) is 1.68. The van der Waals surface area contributed by atoms with Crippen LogP contribution in [-0.4, -0.2) is 88.8 Å². The van der Waals surface area contributed by atoms with Gasteiger partial charge in [0, 0.05) is 11.1 Å². The van der Waals surface area contributed by atoms with E-state index in [0.717, 1.165) is 42.9 Å². The van der Waals surface area contributed by atoms with Crippen molar-refractivity contribution in [2.75, 3.05) is 6.61 Å². The van der Waals surface area contributed by atoms with Gasteiger partial charge in [0.25, 0.3) is 0 Å². The topological polar surface area (TPSA) is 219 Å². The summed E-state index contributed by atoms with van der Waals surface area (Å²) < 4.78 is 51.6. The third kappa shape index (κ3) is 8.02. The van der Waals surface area contributed by atoms with Gasteiger partial charge in [-0.05, 0) is 76.8 Å². The van der Waals surface area contributed by atoms with E-state index in [1.807, 2.05) is 0 Å². The van der Waals surface area contributed by atoms with Crippen LogP contribution in [0.5, 0.6) is 0 Å². The van der Waals surface area contributed by atoms with Crippen molar-refractivity contribution in [1.82, 2.24) is 15.1 Å². The van der Waals surface area contributed by atoms with Gasteiger partial charge in [0.05, 0.1) is 13.0 Å². The van der Waals surface area contributed by atoms with E-state index in [2.05, 4.69) is 20.2 Å². The van der Waals surface area contributed by atoms with Gasteiger partial charge in [-0.3, -0.25) is 28.6 Å². The minimum atomic E-state index is -4.50. The van der Waals surface area contributed by atoms with Crippen LogP contribution in [0.3, 0.4) is 0 Å². The first-order valence-corrected chi connectivity index (χ1v) is 16.3. The number of rotatable bonds is 13. The molecule has 0 aromatic heterocycles. The zero-order valence-electron chi connectivity index (χ0n) is 24.5. The summed E-state index contributed by atoms with van der Waals surface area (Å²) in [4.78, 5) is 52.9. The number of nitrogens with one attached hydrogen (secondary N) is 2. The number of aliphatic hydroxyl groups excluding tert-OH is 1. The first-order chi connectivity index (χ1) is 20.9. The van der Waals surface area contributed by atoms with Gasteiger partial charge in [-0.25, -0.2) is 14.6 Å². The van der Waals surface area contributed by atoms with E-state index >= 15 is 4.39 Å². The zero-order valence-corrected chi connectivity index (χ0v) is 25.4. The van der Waals surface area contributed by atoms with Gasteiger partial charge in [-0.1, -0.05) is 5.11 Å². The molecule has 1 saturated heterocycles. The highest BCUT2D eigenvalue weighted by Gasteiger charge is 2.59. The summed E-state index contributed by atoms with van der Waals surface area (Å²) in [6.07, 6.45) is 0.817. The Morgan fingerprint density at radius 3 is 2.14 bits per heavy atom. The highest BCUT2D eigenvalue weighted by atomic mass is 31.2. The molecule has 3 fully saturated rings. The fraction of sp³-hybridized carbons (Fsp3) is 0.769. The predicted molar refractivity (Wildman–Crippen MR) is 149 cm³/mol. The maximum atomic E-state index is 15.3. The summed E-state index contributed by atoms with van der Waals surface area (Å²) in [6, 6.07) is -2.46. The van der Waals surface area contributed by atoms with Crippen LogP contribution >= 0.6 is 7.67 Å². The number of ether oxygens (including phenoxy) is 3. The molecule has 4 rings (SSSR count). The predicted octanol–water partition coefficient (Wildman–Crippen LogP) is 2.42. The number of nitrogens with zero attached hydrogens (tertiary/aromatic N) is 4. The summed E-state index contributed by atoms with van der Waals surface area (Å²) >= 11 is 0. The highest BCUT2D eigenvalue weighted by Crippen LogP contribution is 2.44. The molecule has 0 spiro atoms. The average Bonchev–Trinajstić information content (AvgIpc) is 3.72. The molecule has 244 valence electrons. The van der Waals surface area contributed by atoms with E-state index in [9.17, 15) is 34.4 Å². The number of halogens is 1. The molecule has 16 nitrogen and oxygen atoms in total. The first-order valence-electron chi connectivity index (χ1n) is 14.7. The van der Waals surface area contributed by atoms with Gasteiger partial charge < -0.3 is 23.8 Å². The minimum absolute atomic E-state index is 0.296. The van der Waals surface area contributed by atoms with Crippen molar-refractivity contribution in [2.45, 2.75) is 120 Å². The number of ketones is 1. The number of amides is 1. The Balaban J connectivity index is 1.53. The number of aliphatic hydroxyl groups is 1. The van der Waals surface area contributed by atoms with Crippen LogP contribution in [0, 0.1) is 0 Å². The third-order valence-corrected chi connectivity index (χ3v) is 9.89. The molecule has 1 amide bonds. The average molecular weight is 645 g/mol. The standard InChI is InChI=1S/C26H38FN6O10P/c1-15(24(37)41-18-7-3-4-8-18)29-44(39,30-16(2)25(38)42-19-9-5-6-10-19)40-14-26(31-32-28)22(36)21(27)23(43-26)33-12-11-17(34)13-20(33)35/h11-12,15-16,18-19,21-23,36H,3-10,13-14H2,1-2H3,(H2,29,30,39)/t15-,16-,21+,22-,23+,26+/m0/s1. The van der Waals surface area contributed by atoms with E-state index in [-0.39, 0.29) is 12.2 Å². The largest absolute Gasteiger partial charge is 0.461 e. The molecule has 44 heavy (non-hydrogen) atoms. The number of alkyl halides is 1. The van der Waals surface area contributed by atoms with Crippen molar-refractivity contribution >= 4 is 31.3 Å². The minimum Gasteiger partial charge on any atom is -0.461 e. The summed E-state index contributed by atoms with van der Waals surface area (Å²) in [5, 5.41) is 19.2. The summed E-state index contributed by atoms with van der Waals surface area (Å²) in [5.41, 5.74) is 6.70. The smallest absolute Gasteiger partial charge is 0.342 e. The quantitative estimate of drug-likeness (QED) is 0.0657. The Morgan fingerprint density at radius 2 is 1.66 bits per heavy atom. The second-order valence-corrected chi connectivity index (χ2v) is 13.3. The molecule has 0 aromatic carbocycles. The first kappa shape index (κ1) is 34.0. The molecule has 4 aliphatic rings. The van der Waals surface area contributed by atoms with E-state index in [0.29, 0.717) is 25.7 Å². The molecule has 0 aromatic rings. The fourth-order valence-corrected chi connectivity index (χ4v) is 7.31. The molecule has 0 radical (unpaired) electrons. The van der Waals surface area contributed by atoms with Gasteiger partial charge in [0.2, 0.25) is 11.6 Å². The number of carbonyl (C=O) groups excluding carboxylic acids is 4. The van der Waals surface area contributed by atoms with Crippen molar-refractivity contribution in [3.63, 3.8) is 0 Å². The second-order valence-electron chi connectivity index (χ2n) is 11.4. The number of azide groups is 1. The lowest BCUT2D eigenvalue weighted by Gasteiger charge is -2.32. The molecule has 6 atom stereocenters. The fourth-order valence-electron chi connectivity index (χ4n) is 5.49. The van der Waals surface area contributed by atoms with Crippen molar-refractivity contribution in [2.24, 2.45) is 5.11 Å². The SMILES string of the molecule is C[C@H](NP(=O)(N[C@@H](C)C(=O)OC1CCCC1)OC[C@@]1(N=[N+]=[N-])O[C@@H](N2C=CC(=O)CC2=O)[C@H](F)[C@@H]1O)C(=O)OC1CCCC1.